The number of amides is 1. The van der Waals surface area contributed by atoms with Gasteiger partial charge in [0.05, 0.1) is 16.9 Å². The van der Waals surface area contributed by atoms with Crippen molar-refractivity contribution < 1.29 is 9.72 Å². The molecule has 0 aliphatic heterocycles. The average molecular weight is 475 g/mol. The van der Waals surface area contributed by atoms with Crippen LogP contribution in [0.15, 0.2) is 63.3 Å². The zero-order valence-electron chi connectivity index (χ0n) is 15.2. The molecule has 0 saturated carbocycles. The molecule has 1 amide bonds. The number of thioether (sulfide) groups is 1. The van der Waals surface area contributed by atoms with Gasteiger partial charge in [0.2, 0.25) is 0 Å². The van der Waals surface area contributed by atoms with Crippen LogP contribution in [0.5, 0.6) is 0 Å². The molecule has 3 aromatic rings. The molecular weight excluding hydrogens is 460 g/mol. The molecule has 2 aromatic carbocycles. The number of hydrazone groups is 1. The first-order valence-corrected chi connectivity index (χ1v) is 10.1. The predicted molar refractivity (Wildman–Crippen MR) is 114 cm³/mol. The SMILES string of the molecule is Cn1c(SCC(=O)N/N=C/c2ccc([N+](=O)[O-])cc2)nnc1-c1cccc(Br)c1. The number of aromatic nitrogens is 3. The molecule has 0 aliphatic rings. The Labute approximate surface area is 178 Å². The van der Waals surface area contributed by atoms with E-state index in [-0.39, 0.29) is 17.3 Å². The fourth-order valence-corrected chi connectivity index (χ4v) is 3.45. The molecule has 1 aromatic heterocycles. The largest absolute Gasteiger partial charge is 0.305 e. The lowest BCUT2D eigenvalue weighted by atomic mass is 10.2. The molecule has 1 heterocycles. The molecule has 0 saturated heterocycles. The highest BCUT2D eigenvalue weighted by atomic mass is 79.9. The van der Waals surface area contributed by atoms with E-state index < -0.39 is 4.92 Å². The summed E-state index contributed by atoms with van der Waals surface area (Å²) in [4.78, 5) is 22.1. The van der Waals surface area contributed by atoms with E-state index in [1.54, 1.807) is 12.1 Å². The van der Waals surface area contributed by atoms with E-state index in [4.69, 9.17) is 0 Å². The highest BCUT2D eigenvalue weighted by Crippen LogP contribution is 2.24. The summed E-state index contributed by atoms with van der Waals surface area (Å²) in [6.07, 6.45) is 1.42. The van der Waals surface area contributed by atoms with Crippen LogP contribution in [0.1, 0.15) is 5.56 Å². The summed E-state index contributed by atoms with van der Waals surface area (Å²) < 4.78 is 2.76. The molecule has 0 aliphatic carbocycles. The van der Waals surface area contributed by atoms with Gasteiger partial charge in [-0.3, -0.25) is 14.9 Å². The van der Waals surface area contributed by atoms with Gasteiger partial charge in [-0.05, 0) is 29.8 Å². The third kappa shape index (κ3) is 5.48. The van der Waals surface area contributed by atoms with E-state index in [0.717, 1.165) is 10.0 Å². The highest BCUT2D eigenvalue weighted by molar-refractivity contribution is 9.10. The van der Waals surface area contributed by atoms with Gasteiger partial charge in [-0.25, -0.2) is 5.43 Å². The molecule has 11 heteroatoms. The maximum atomic E-state index is 12.0. The quantitative estimate of drug-likeness (QED) is 0.243. The summed E-state index contributed by atoms with van der Waals surface area (Å²) in [7, 11) is 1.84. The number of nitro groups is 1. The molecule has 148 valence electrons. The fraction of sp³-hybridized carbons (Fsp3) is 0.111. The van der Waals surface area contributed by atoms with Crippen molar-refractivity contribution in [2.75, 3.05) is 5.75 Å². The Morgan fingerprint density at radius 3 is 2.76 bits per heavy atom. The second-order valence-electron chi connectivity index (χ2n) is 5.81. The minimum Gasteiger partial charge on any atom is -0.305 e. The van der Waals surface area contributed by atoms with Crippen LogP contribution < -0.4 is 5.43 Å². The van der Waals surface area contributed by atoms with Gasteiger partial charge in [0, 0.05) is 29.2 Å². The van der Waals surface area contributed by atoms with E-state index in [1.165, 1.54) is 30.1 Å². The summed E-state index contributed by atoms with van der Waals surface area (Å²) >= 11 is 4.68. The second-order valence-corrected chi connectivity index (χ2v) is 7.66. The Hall–Kier alpha value is -3.05. The molecule has 1 N–H and O–H groups in total. The van der Waals surface area contributed by atoms with Crippen LogP contribution in [0.3, 0.4) is 0 Å². The lowest BCUT2D eigenvalue weighted by Gasteiger charge is -2.04. The van der Waals surface area contributed by atoms with Gasteiger partial charge in [0.1, 0.15) is 0 Å². The number of halogens is 1. The highest BCUT2D eigenvalue weighted by Gasteiger charge is 2.13. The monoisotopic (exact) mass is 474 g/mol. The smallest absolute Gasteiger partial charge is 0.269 e. The van der Waals surface area contributed by atoms with Crippen molar-refractivity contribution in [3.05, 3.63) is 68.7 Å². The summed E-state index contributed by atoms with van der Waals surface area (Å²) in [5.74, 6) is 0.507. The summed E-state index contributed by atoms with van der Waals surface area (Å²) in [6, 6.07) is 13.6. The van der Waals surface area contributed by atoms with Crippen LogP contribution in [-0.2, 0) is 11.8 Å². The normalized spacial score (nSPS) is 11.0. The Morgan fingerprint density at radius 2 is 2.07 bits per heavy atom. The van der Waals surface area contributed by atoms with Gasteiger partial charge in [0.25, 0.3) is 11.6 Å². The molecule has 0 radical (unpaired) electrons. The maximum absolute atomic E-state index is 12.0. The van der Waals surface area contributed by atoms with Crippen LogP contribution in [-0.4, -0.2) is 37.6 Å². The summed E-state index contributed by atoms with van der Waals surface area (Å²) in [5, 5.41) is 23.4. The molecule has 3 rings (SSSR count). The van der Waals surface area contributed by atoms with Gasteiger partial charge in [-0.15, -0.1) is 10.2 Å². The number of carbonyl (C=O) groups is 1. The number of hydrogen-bond donors (Lipinski definition) is 1. The number of rotatable bonds is 7. The van der Waals surface area contributed by atoms with E-state index in [0.29, 0.717) is 16.5 Å². The predicted octanol–water partition coefficient (Wildman–Crippen LogP) is 3.40. The molecule has 0 bridgehead atoms. The lowest BCUT2D eigenvalue weighted by Crippen LogP contribution is -2.19. The van der Waals surface area contributed by atoms with Crippen molar-refractivity contribution in [2.24, 2.45) is 12.1 Å². The molecule has 9 nitrogen and oxygen atoms in total. The number of nitrogens with zero attached hydrogens (tertiary/aromatic N) is 5. The van der Waals surface area contributed by atoms with E-state index in [2.05, 4.69) is 36.7 Å². The topological polar surface area (TPSA) is 115 Å². The number of nitro benzene ring substituents is 1. The zero-order valence-corrected chi connectivity index (χ0v) is 17.6. The maximum Gasteiger partial charge on any atom is 0.269 e. The van der Waals surface area contributed by atoms with E-state index >= 15 is 0 Å². The van der Waals surface area contributed by atoms with Crippen molar-refractivity contribution in [3.63, 3.8) is 0 Å². The van der Waals surface area contributed by atoms with Crippen molar-refractivity contribution in [1.29, 1.82) is 0 Å². The van der Waals surface area contributed by atoms with Crippen LogP contribution in [0.4, 0.5) is 5.69 Å². The Kier molecular flexibility index (Phi) is 6.73. The molecule has 0 fully saturated rings. The van der Waals surface area contributed by atoms with Gasteiger partial charge in [-0.2, -0.15) is 5.10 Å². The van der Waals surface area contributed by atoms with Crippen LogP contribution >= 0.6 is 27.7 Å². The zero-order chi connectivity index (χ0) is 20.8. The number of carbonyl (C=O) groups excluding carboxylic acids is 1. The third-order valence-electron chi connectivity index (χ3n) is 3.76. The Balaban J connectivity index is 1.54. The lowest BCUT2D eigenvalue weighted by molar-refractivity contribution is -0.384. The van der Waals surface area contributed by atoms with Crippen molar-refractivity contribution in [1.82, 2.24) is 20.2 Å². The molecule has 0 atom stereocenters. The molecule has 29 heavy (non-hydrogen) atoms. The number of nitrogens with one attached hydrogen (secondary N) is 1. The second kappa shape index (κ2) is 9.43. The van der Waals surface area contributed by atoms with Gasteiger partial charge < -0.3 is 4.57 Å². The minimum absolute atomic E-state index is 0.00603. The molecule has 0 spiro atoms. The van der Waals surface area contributed by atoms with E-state index in [9.17, 15) is 14.9 Å². The van der Waals surface area contributed by atoms with Crippen LogP contribution in [0.2, 0.25) is 0 Å². The van der Waals surface area contributed by atoms with E-state index in [1.807, 2.05) is 35.9 Å². The molecule has 0 unspecified atom stereocenters. The average Bonchev–Trinajstić information content (AvgIpc) is 3.07. The number of non-ortho nitro benzene ring substituents is 1. The van der Waals surface area contributed by atoms with Crippen molar-refractivity contribution >= 4 is 45.5 Å². The van der Waals surface area contributed by atoms with Crippen LogP contribution in [0, 0.1) is 10.1 Å². The number of hydrogen-bond acceptors (Lipinski definition) is 7. The number of benzene rings is 2. The first kappa shape index (κ1) is 20.7. The minimum atomic E-state index is -0.478. The summed E-state index contributed by atoms with van der Waals surface area (Å²) in [5.41, 5.74) is 3.96. The first-order valence-electron chi connectivity index (χ1n) is 8.28. The fourth-order valence-electron chi connectivity index (χ4n) is 2.34. The Morgan fingerprint density at radius 1 is 1.31 bits per heavy atom. The van der Waals surface area contributed by atoms with Gasteiger partial charge >= 0.3 is 0 Å². The van der Waals surface area contributed by atoms with Crippen molar-refractivity contribution in [3.8, 4) is 11.4 Å². The van der Waals surface area contributed by atoms with Gasteiger partial charge in [0.15, 0.2) is 11.0 Å². The van der Waals surface area contributed by atoms with Crippen molar-refractivity contribution in [2.45, 2.75) is 5.16 Å². The standard InChI is InChI=1S/C18H15BrN6O3S/c1-24-17(13-3-2-4-14(19)9-13)22-23-18(24)29-11-16(26)21-20-10-12-5-7-15(8-6-12)25(27)28/h2-10H,11H2,1H3,(H,21,26)/b20-10+. The Bertz CT molecular complexity index is 1070. The van der Waals surface area contributed by atoms with Gasteiger partial charge in [-0.1, -0.05) is 39.8 Å². The summed E-state index contributed by atoms with van der Waals surface area (Å²) in [6.45, 7) is 0. The molecular formula is C18H15BrN6O3S. The van der Waals surface area contributed by atoms with Crippen LogP contribution in [0.25, 0.3) is 11.4 Å². The first-order chi connectivity index (χ1) is 13.9. The third-order valence-corrected chi connectivity index (χ3v) is 5.27.